The molecule has 2 amide bonds. The summed E-state index contributed by atoms with van der Waals surface area (Å²) in [5.41, 5.74) is 0.541. The molecule has 0 atom stereocenters. The van der Waals surface area contributed by atoms with Crippen LogP contribution in [0.2, 0.25) is 0 Å². The zero-order chi connectivity index (χ0) is 20.1. The SMILES string of the molecule is CNC(=O)CSc1nc(-c2ccccc2)c(NC(=O)c2c(F)cccc2F)s1. The smallest absolute Gasteiger partial charge is 0.262 e. The number of nitrogens with one attached hydrogen (secondary N) is 2. The van der Waals surface area contributed by atoms with Crippen molar-refractivity contribution in [1.82, 2.24) is 10.3 Å². The summed E-state index contributed by atoms with van der Waals surface area (Å²) in [6, 6.07) is 12.3. The lowest BCUT2D eigenvalue weighted by Gasteiger charge is -2.07. The number of carbonyl (C=O) groups is 2. The number of nitrogens with zero attached hydrogens (tertiary/aromatic N) is 1. The maximum atomic E-state index is 13.9. The summed E-state index contributed by atoms with van der Waals surface area (Å²) in [5.74, 6) is -2.80. The molecule has 144 valence electrons. The van der Waals surface area contributed by atoms with E-state index in [1.807, 2.05) is 30.3 Å². The Labute approximate surface area is 168 Å². The number of benzene rings is 2. The van der Waals surface area contributed by atoms with Gasteiger partial charge in [-0.05, 0) is 12.1 Å². The number of anilines is 1. The molecule has 0 aliphatic carbocycles. The molecule has 0 saturated heterocycles. The van der Waals surface area contributed by atoms with Crippen LogP contribution in [0.4, 0.5) is 13.8 Å². The van der Waals surface area contributed by atoms with Gasteiger partial charge in [0.05, 0.1) is 5.75 Å². The summed E-state index contributed by atoms with van der Waals surface area (Å²) in [6.07, 6.45) is 0. The number of carbonyl (C=O) groups excluding carboxylic acids is 2. The van der Waals surface area contributed by atoms with Crippen LogP contribution >= 0.6 is 23.1 Å². The number of hydrogen-bond acceptors (Lipinski definition) is 5. The molecule has 0 fully saturated rings. The highest BCUT2D eigenvalue weighted by Gasteiger charge is 2.21. The van der Waals surface area contributed by atoms with Crippen molar-refractivity contribution in [3.05, 3.63) is 65.7 Å². The Bertz CT molecular complexity index is 989. The van der Waals surface area contributed by atoms with E-state index < -0.39 is 23.1 Å². The van der Waals surface area contributed by atoms with Crippen LogP contribution in [0.3, 0.4) is 0 Å². The molecule has 1 heterocycles. The van der Waals surface area contributed by atoms with E-state index in [-0.39, 0.29) is 11.7 Å². The molecule has 0 aliphatic heterocycles. The molecule has 2 aromatic carbocycles. The minimum atomic E-state index is -0.947. The third-order valence-electron chi connectivity index (χ3n) is 3.68. The van der Waals surface area contributed by atoms with E-state index in [2.05, 4.69) is 15.6 Å². The molecule has 3 rings (SSSR count). The number of hydrogen-bond donors (Lipinski definition) is 2. The second-order valence-electron chi connectivity index (χ2n) is 5.54. The Morgan fingerprint density at radius 3 is 2.39 bits per heavy atom. The average Bonchev–Trinajstić information content (AvgIpc) is 3.09. The van der Waals surface area contributed by atoms with Gasteiger partial charge in [0.2, 0.25) is 5.91 Å². The molecule has 9 heteroatoms. The van der Waals surface area contributed by atoms with Gasteiger partial charge in [-0.2, -0.15) is 0 Å². The van der Waals surface area contributed by atoms with Crippen LogP contribution in [-0.4, -0.2) is 29.6 Å². The van der Waals surface area contributed by atoms with Crippen LogP contribution < -0.4 is 10.6 Å². The number of thiazole rings is 1. The van der Waals surface area contributed by atoms with Gasteiger partial charge < -0.3 is 10.6 Å². The van der Waals surface area contributed by atoms with E-state index in [0.29, 0.717) is 15.0 Å². The average molecular weight is 419 g/mol. The fourth-order valence-electron chi connectivity index (χ4n) is 2.32. The van der Waals surface area contributed by atoms with Crippen molar-refractivity contribution >= 4 is 39.9 Å². The molecule has 0 saturated carbocycles. The molecule has 3 aromatic rings. The van der Waals surface area contributed by atoms with E-state index in [9.17, 15) is 18.4 Å². The first kappa shape index (κ1) is 20.0. The lowest BCUT2D eigenvalue weighted by Crippen LogP contribution is -2.19. The summed E-state index contributed by atoms with van der Waals surface area (Å²) in [6.45, 7) is 0. The molecule has 0 spiro atoms. The van der Waals surface area contributed by atoms with Crippen molar-refractivity contribution < 1.29 is 18.4 Å². The third kappa shape index (κ3) is 4.55. The summed E-state index contributed by atoms with van der Waals surface area (Å²) in [4.78, 5) is 28.4. The Morgan fingerprint density at radius 1 is 1.07 bits per heavy atom. The highest BCUT2D eigenvalue weighted by molar-refractivity contribution is 8.01. The topological polar surface area (TPSA) is 71.1 Å². The van der Waals surface area contributed by atoms with Gasteiger partial charge in [-0.15, -0.1) is 0 Å². The molecule has 1 aromatic heterocycles. The largest absolute Gasteiger partial charge is 0.358 e. The van der Waals surface area contributed by atoms with Crippen molar-refractivity contribution in [3.63, 3.8) is 0 Å². The van der Waals surface area contributed by atoms with E-state index in [1.165, 1.54) is 24.9 Å². The normalized spacial score (nSPS) is 10.5. The van der Waals surface area contributed by atoms with E-state index in [1.54, 1.807) is 0 Å². The van der Waals surface area contributed by atoms with E-state index >= 15 is 0 Å². The van der Waals surface area contributed by atoms with Crippen LogP contribution in [0, 0.1) is 11.6 Å². The van der Waals surface area contributed by atoms with Crippen LogP contribution in [0.1, 0.15) is 10.4 Å². The van der Waals surface area contributed by atoms with Crippen molar-refractivity contribution in [2.45, 2.75) is 4.34 Å². The van der Waals surface area contributed by atoms with Gasteiger partial charge >= 0.3 is 0 Å². The lowest BCUT2D eigenvalue weighted by molar-refractivity contribution is -0.118. The summed E-state index contributed by atoms with van der Waals surface area (Å²) in [7, 11) is 1.54. The fraction of sp³-hybridized carbons (Fsp3) is 0.105. The first-order chi connectivity index (χ1) is 13.5. The van der Waals surface area contributed by atoms with Crippen LogP contribution in [0.15, 0.2) is 52.9 Å². The molecule has 0 unspecified atom stereocenters. The molecule has 5 nitrogen and oxygen atoms in total. The van der Waals surface area contributed by atoms with Crippen molar-refractivity contribution in [2.75, 3.05) is 18.1 Å². The Morgan fingerprint density at radius 2 is 1.75 bits per heavy atom. The predicted molar refractivity (Wildman–Crippen MR) is 107 cm³/mol. The highest BCUT2D eigenvalue weighted by atomic mass is 32.2. The summed E-state index contributed by atoms with van der Waals surface area (Å²) in [5, 5.41) is 5.42. The maximum absolute atomic E-state index is 13.9. The molecular formula is C19H15F2N3O2S2. The van der Waals surface area contributed by atoms with Gasteiger partial charge in [0.15, 0.2) is 4.34 Å². The summed E-state index contributed by atoms with van der Waals surface area (Å²) >= 11 is 2.34. The fourth-order valence-corrected chi connectivity index (χ4v) is 4.25. The van der Waals surface area contributed by atoms with Crippen molar-refractivity contribution in [1.29, 1.82) is 0 Å². The molecule has 0 bridgehead atoms. The quantitative estimate of drug-likeness (QED) is 0.588. The van der Waals surface area contributed by atoms with Gasteiger partial charge in [0.1, 0.15) is 27.9 Å². The standard InChI is InChI=1S/C19H15F2N3O2S2/c1-22-14(25)10-27-19-23-16(11-6-3-2-4-7-11)18(28-19)24-17(26)15-12(20)8-5-9-13(15)21/h2-9H,10H2,1H3,(H,22,25)(H,24,26). The van der Waals surface area contributed by atoms with Gasteiger partial charge in [0, 0.05) is 12.6 Å². The first-order valence-electron chi connectivity index (χ1n) is 8.14. The number of amides is 2. The molecular weight excluding hydrogens is 404 g/mol. The van der Waals surface area contributed by atoms with Gasteiger partial charge in [0.25, 0.3) is 5.91 Å². The van der Waals surface area contributed by atoms with Gasteiger partial charge in [-0.25, -0.2) is 13.8 Å². The Balaban J connectivity index is 1.93. The monoisotopic (exact) mass is 419 g/mol. The predicted octanol–water partition coefficient (Wildman–Crippen LogP) is 4.18. The number of halogens is 2. The summed E-state index contributed by atoms with van der Waals surface area (Å²) < 4.78 is 28.4. The number of rotatable bonds is 6. The minimum Gasteiger partial charge on any atom is -0.358 e. The number of aromatic nitrogens is 1. The minimum absolute atomic E-state index is 0.160. The Kier molecular flexibility index (Phi) is 6.37. The van der Waals surface area contributed by atoms with Gasteiger partial charge in [-0.3, -0.25) is 9.59 Å². The lowest BCUT2D eigenvalue weighted by atomic mass is 10.1. The van der Waals surface area contributed by atoms with Crippen LogP contribution in [0.25, 0.3) is 11.3 Å². The van der Waals surface area contributed by atoms with Gasteiger partial charge in [-0.1, -0.05) is 59.5 Å². The van der Waals surface area contributed by atoms with Crippen molar-refractivity contribution in [2.24, 2.45) is 0 Å². The van der Waals surface area contributed by atoms with E-state index in [4.69, 9.17) is 0 Å². The zero-order valence-electron chi connectivity index (χ0n) is 14.7. The molecule has 0 aliphatic rings. The second-order valence-corrected chi connectivity index (χ2v) is 7.76. The van der Waals surface area contributed by atoms with Crippen LogP contribution in [-0.2, 0) is 4.79 Å². The zero-order valence-corrected chi connectivity index (χ0v) is 16.3. The number of thioether (sulfide) groups is 1. The highest BCUT2D eigenvalue weighted by Crippen LogP contribution is 2.38. The third-order valence-corrected chi connectivity index (χ3v) is 5.79. The first-order valence-corrected chi connectivity index (χ1v) is 9.94. The Hall–Kier alpha value is -2.78. The second kappa shape index (κ2) is 8.94. The van der Waals surface area contributed by atoms with Crippen molar-refractivity contribution in [3.8, 4) is 11.3 Å². The van der Waals surface area contributed by atoms with Crippen LogP contribution in [0.5, 0.6) is 0 Å². The molecule has 2 N–H and O–H groups in total. The molecule has 28 heavy (non-hydrogen) atoms. The van der Waals surface area contributed by atoms with E-state index in [0.717, 1.165) is 29.0 Å². The molecule has 0 radical (unpaired) electrons. The maximum Gasteiger partial charge on any atom is 0.262 e.